The molecule has 40 heavy (non-hydrogen) atoms. The van der Waals surface area contributed by atoms with Gasteiger partial charge in [-0.15, -0.1) is 0 Å². The third-order valence-corrected chi connectivity index (χ3v) is 12.4. The molecule has 6 heteroatoms. The Morgan fingerprint density at radius 2 is 1.27 bits per heavy atom. The fourth-order valence-electron chi connectivity index (χ4n) is 5.76. The molecule has 0 saturated heterocycles. The van der Waals surface area contributed by atoms with Crippen molar-refractivity contribution in [1.82, 2.24) is 0 Å². The van der Waals surface area contributed by atoms with Gasteiger partial charge in [-0.05, 0) is 45.6 Å². The van der Waals surface area contributed by atoms with Crippen LogP contribution in [-0.4, -0.2) is 29.6 Å². The summed E-state index contributed by atoms with van der Waals surface area (Å²) in [6.07, 6.45) is 0. The minimum Gasteiger partial charge on any atom is -0.533 e. The molecule has 5 nitrogen and oxygen atoms in total. The smallest absolute Gasteiger partial charge is 0.343 e. The first kappa shape index (κ1) is 27.0. The first-order valence-corrected chi connectivity index (χ1v) is 15.1. The summed E-state index contributed by atoms with van der Waals surface area (Å²) in [4.78, 5) is 13.0. The molecule has 0 spiro atoms. The largest absolute Gasteiger partial charge is 0.533 e. The molecule has 0 unspecified atom stereocenters. The molecule has 5 aromatic rings. The van der Waals surface area contributed by atoms with Crippen LogP contribution in [-0.2, 0) is 0 Å². The quantitative estimate of drug-likeness (QED) is 0.202. The van der Waals surface area contributed by atoms with Crippen molar-refractivity contribution in [3.8, 4) is 28.4 Å². The van der Waals surface area contributed by atoms with E-state index in [1.807, 2.05) is 97.9 Å². The third-order valence-electron chi connectivity index (χ3n) is 7.46. The van der Waals surface area contributed by atoms with Crippen LogP contribution in [0.4, 0.5) is 0 Å². The normalized spacial score (nSPS) is 11.9. The summed E-state index contributed by atoms with van der Waals surface area (Å²) >= 11 is 0. The molecule has 0 amide bonds. The second-order valence-corrected chi connectivity index (χ2v) is 15.3. The Morgan fingerprint density at radius 3 is 1.75 bits per heavy atom. The maximum Gasteiger partial charge on any atom is 0.343 e. The fourth-order valence-corrected chi connectivity index (χ4v) is 10.2. The number of hydrogen-bond acceptors (Lipinski definition) is 4. The fraction of sp³-hybridized carbons (Fsp3) is 0.147. The first-order chi connectivity index (χ1) is 19.1. The zero-order valence-corrected chi connectivity index (χ0v) is 24.0. The number of phenols is 2. The van der Waals surface area contributed by atoms with Crippen LogP contribution in [0.5, 0.6) is 17.2 Å². The number of fused-ring (bicyclic) bond motifs is 1. The number of carbonyl (C=O) groups is 1. The van der Waals surface area contributed by atoms with Crippen LogP contribution in [0.3, 0.4) is 0 Å². The van der Waals surface area contributed by atoms with Gasteiger partial charge in [0.25, 0.3) is 0 Å². The second-order valence-electron chi connectivity index (χ2n) is 11.0. The minimum atomic E-state index is -3.30. The third kappa shape index (κ3) is 4.40. The van der Waals surface area contributed by atoms with Crippen LogP contribution in [0.15, 0.2) is 103 Å². The van der Waals surface area contributed by atoms with Gasteiger partial charge >= 0.3 is 14.3 Å². The van der Waals surface area contributed by atoms with Crippen LogP contribution in [0.1, 0.15) is 36.7 Å². The van der Waals surface area contributed by atoms with Gasteiger partial charge in [-0.2, -0.15) is 0 Å². The van der Waals surface area contributed by atoms with Crippen molar-refractivity contribution in [1.29, 1.82) is 0 Å². The van der Waals surface area contributed by atoms with Crippen molar-refractivity contribution in [2.75, 3.05) is 0 Å². The Morgan fingerprint density at radius 1 is 0.775 bits per heavy atom. The topological polar surface area (TPSA) is 87.0 Å². The van der Waals surface area contributed by atoms with Crippen molar-refractivity contribution in [3.05, 3.63) is 114 Å². The molecular formula is C34H32O5Si. The molecule has 0 aromatic heterocycles. The van der Waals surface area contributed by atoms with Crippen molar-refractivity contribution < 1.29 is 24.5 Å². The maximum atomic E-state index is 13.0. The summed E-state index contributed by atoms with van der Waals surface area (Å²) < 4.78 is 7.21. The predicted molar refractivity (Wildman–Crippen MR) is 163 cm³/mol. The predicted octanol–water partition coefficient (Wildman–Crippen LogP) is 6.86. The van der Waals surface area contributed by atoms with Crippen LogP contribution in [0.25, 0.3) is 21.9 Å². The molecule has 0 saturated carbocycles. The number of phenolic OH excluding ortho intramolecular Hbond substituents is 1. The molecule has 5 aromatic carbocycles. The van der Waals surface area contributed by atoms with Crippen LogP contribution in [0, 0.1) is 6.92 Å². The molecule has 0 atom stereocenters. The molecular weight excluding hydrogens is 516 g/mol. The average Bonchev–Trinajstić information content (AvgIpc) is 2.92. The number of hydrogen-bond donors (Lipinski definition) is 3. The Kier molecular flexibility index (Phi) is 6.90. The van der Waals surface area contributed by atoms with Crippen LogP contribution >= 0.6 is 0 Å². The van der Waals surface area contributed by atoms with E-state index < -0.39 is 19.3 Å². The Balaban J connectivity index is 1.96. The summed E-state index contributed by atoms with van der Waals surface area (Å²) in [6, 6.07) is 32.1. The zero-order valence-electron chi connectivity index (χ0n) is 23.0. The number of rotatable bonds is 6. The minimum absolute atomic E-state index is 0.0154. The molecule has 3 N–H and O–H groups in total. The van der Waals surface area contributed by atoms with Gasteiger partial charge in [0.2, 0.25) is 0 Å². The van der Waals surface area contributed by atoms with Gasteiger partial charge in [-0.25, -0.2) is 4.79 Å². The molecule has 0 radical (unpaired) electrons. The molecule has 0 aliphatic rings. The van der Waals surface area contributed by atoms with E-state index in [9.17, 15) is 20.1 Å². The average molecular weight is 549 g/mol. The maximum absolute atomic E-state index is 13.0. The lowest BCUT2D eigenvalue weighted by Gasteiger charge is -2.43. The number of aryl methyl sites for hydroxylation is 1. The highest BCUT2D eigenvalue weighted by Gasteiger charge is 2.53. The van der Waals surface area contributed by atoms with Crippen molar-refractivity contribution in [3.63, 3.8) is 0 Å². The summed E-state index contributed by atoms with van der Waals surface area (Å²) in [5.74, 6) is -1.65. The van der Waals surface area contributed by atoms with E-state index in [1.54, 1.807) is 6.07 Å². The van der Waals surface area contributed by atoms with Crippen molar-refractivity contribution in [2.24, 2.45) is 0 Å². The van der Waals surface area contributed by atoms with E-state index in [4.69, 9.17) is 4.43 Å². The van der Waals surface area contributed by atoms with E-state index in [1.165, 1.54) is 6.07 Å². The summed E-state index contributed by atoms with van der Waals surface area (Å²) in [5, 5.41) is 35.5. The van der Waals surface area contributed by atoms with Crippen molar-refractivity contribution in [2.45, 2.75) is 32.7 Å². The molecule has 0 aliphatic heterocycles. The van der Waals surface area contributed by atoms with Gasteiger partial charge in [0, 0.05) is 16.3 Å². The molecule has 202 valence electrons. The van der Waals surface area contributed by atoms with E-state index >= 15 is 0 Å². The van der Waals surface area contributed by atoms with Crippen molar-refractivity contribution >= 4 is 35.4 Å². The lowest BCUT2D eigenvalue weighted by molar-refractivity contribution is 0.0691. The van der Waals surface area contributed by atoms with Gasteiger partial charge in [0.1, 0.15) is 22.8 Å². The highest BCUT2D eigenvalue weighted by atomic mass is 28.4. The summed E-state index contributed by atoms with van der Waals surface area (Å²) in [7, 11) is -3.30. The lowest BCUT2D eigenvalue weighted by Crippen LogP contribution is -2.69. The van der Waals surface area contributed by atoms with Gasteiger partial charge in [-0.1, -0.05) is 112 Å². The number of aromatic hydroxyl groups is 2. The van der Waals surface area contributed by atoms with Gasteiger partial charge < -0.3 is 19.7 Å². The van der Waals surface area contributed by atoms with E-state index in [0.717, 1.165) is 10.4 Å². The summed E-state index contributed by atoms with van der Waals surface area (Å²) in [6.45, 7) is 8.13. The first-order valence-electron chi connectivity index (χ1n) is 13.2. The van der Waals surface area contributed by atoms with E-state index in [0.29, 0.717) is 27.5 Å². The Bertz CT molecular complexity index is 1650. The second kappa shape index (κ2) is 10.2. The SMILES string of the molecule is Cc1cc(O)cc2c(O[Si](c3ccccc3)(c3ccccc3)C(C)(C)C)c(C(=O)O)c(O)c(-c3ccccc3)c12. The highest BCUT2D eigenvalue weighted by Crippen LogP contribution is 2.50. The van der Waals surface area contributed by atoms with Gasteiger partial charge in [0.15, 0.2) is 0 Å². The van der Waals surface area contributed by atoms with Gasteiger partial charge in [-0.3, -0.25) is 0 Å². The molecule has 5 rings (SSSR count). The number of carboxylic acid groups (broad SMARTS) is 1. The molecule has 0 heterocycles. The lowest BCUT2D eigenvalue weighted by atomic mass is 9.90. The number of carboxylic acids is 1. The van der Waals surface area contributed by atoms with Crippen LogP contribution < -0.4 is 14.8 Å². The molecule has 0 fully saturated rings. The number of aromatic carboxylic acids is 1. The van der Waals surface area contributed by atoms with Crippen LogP contribution in [0.2, 0.25) is 5.04 Å². The monoisotopic (exact) mass is 548 g/mol. The molecule has 0 aliphatic carbocycles. The van der Waals surface area contributed by atoms with E-state index in [-0.39, 0.29) is 22.8 Å². The van der Waals surface area contributed by atoms with Gasteiger partial charge in [0.05, 0.1) is 0 Å². The Hall–Kier alpha value is -4.55. The Labute approximate surface area is 235 Å². The standard InChI is InChI=1S/C34H32O5Si/c1-22-20-24(35)21-27-28(22)29(23-14-8-5-9-15-23)31(36)30(33(37)38)32(27)39-40(34(2,3)4,25-16-10-6-11-17-25)26-18-12-7-13-19-26/h5-21,35-36H,1-4H3,(H,37,38). The number of benzene rings is 5. The summed E-state index contributed by atoms with van der Waals surface area (Å²) in [5.41, 5.74) is 1.41. The highest BCUT2D eigenvalue weighted by molar-refractivity contribution is 7.00. The van der Waals surface area contributed by atoms with E-state index in [2.05, 4.69) is 20.8 Å². The zero-order chi connectivity index (χ0) is 28.7. The molecule has 0 bridgehead atoms.